The van der Waals surface area contributed by atoms with Crippen molar-refractivity contribution in [2.24, 2.45) is 11.3 Å². The molecule has 1 aliphatic carbocycles. The molecule has 0 saturated heterocycles. The molecule has 0 aliphatic heterocycles. The first-order valence-corrected chi connectivity index (χ1v) is 15.2. The monoisotopic (exact) mass is 584 g/mol. The SMILES string of the molecule is CCn1c(SCC(=O)Nc2sc3c(c2C#N)CC[C@@H](C(C)(C)C)C3)nnc1[C@@H](C)NC(=O)c1ccc(Cl)cc1. The van der Waals surface area contributed by atoms with Crippen molar-refractivity contribution in [3.8, 4) is 6.07 Å². The van der Waals surface area contributed by atoms with Crippen LogP contribution in [0.2, 0.25) is 5.02 Å². The van der Waals surface area contributed by atoms with Gasteiger partial charge in [-0.25, -0.2) is 0 Å². The summed E-state index contributed by atoms with van der Waals surface area (Å²) >= 11 is 8.73. The third kappa shape index (κ3) is 6.65. The van der Waals surface area contributed by atoms with Crippen LogP contribution in [0.1, 0.15) is 79.3 Å². The van der Waals surface area contributed by atoms with Crippen LogP contribution in [-0.2, 0) is 24.2 Å². The number of thiophene rings is 1. The second-order valence-corrected chi connectivity index (χ2v) is 13.2. The summed E-state index contributed by atoms with van der Waals surface area (Å²) in [4.78, 5) is 26.7. The highest BCUT2D eigenvalue weighted by Crippen LogP contribution is 2.44. The van der Waals surface area contributed by atoms with Crippen molar-refractivity contribution in [1.29, 1.82) is 5.26 Å². The maximum absolute atomic E-state index is 12.9. The second-order valence-electron chi connectivity index (χ2n) is 10.7. The van der Waals surface area contributed by atoms with Crippen molar-refractivity contribution < 1.29 is 9.59 Å². The Morgan fingerprint density at radius 2 is 2.00 bits per heavy atom. The average Bonchev–Trinajstić information content (AvgIpc) is 3.46. The number of fused-ring (bicyclic) bond motifs is 1. The molecule has 39 heavy (non-hydrogen) atoms. The van der Waals surface area contributed by atoms with Crippen LogP contribution in [0.15, 0.2) is 29.4 Å². The van der Waals surface area contributed by atoms with Crippen LogP contribution >= 0.6 is 34.7 Å². The number of hydrogen-bond acceptors (Lipinski definition) is 7. The number of halogens is 1. The van der Waals surface area contributed by atoms with Crippen molar-refractivity contribution >= 4 is 51.5 Å². The molecule has 2 aromatic heterocycles. The molecule has 1 aromatic carbocycles. The fraction of sp³-hybridized carbons (Fsp3) is 0.464. The highest BCUT2D eigenvalue weighted by atomic mass is 35.5. The first-order valence-electron chi connectivity index (χ1n) is 13.0. The number of nitriles is 1. The van der Waals surface area contributed by atoms with Crippen LogP contribution in [0.3, 0.4) is 0 Å². The number of thioether (sulfide) groups is 1. The summed E-state index contributed by atoms with van der Waals surface area (Å²) in [5, 5.41) is 26.1. The van der Waals surface area contributed by atoms with Gasteiger partial charge >= 0.3 is 0 Å². The van der Waals surface area contributed by atoms with Gasteiger partial charge in [-0.2, -0.15) is 5.26 Å². The molecule has 1 aliphatic rings. The summed E-state index contributed by atoms with van der Waals surface area (Å²) in [5.41, 5.74) is 2.40. The fourth-order valence-corrected chi connectivity index (χ4v) is 7.02. The molecule has 11 heteroatoms. The molecule has 0 unspecified atom stereocenters. The quantitative estimate of drug-likeness (QED) is 0.302. The molecule has 0 spiro atoms. The van der Waals surface area contributed by atoms with Gasteiger partial charge < -0.3 is 15.2 Å². The highest BCUT2D eigenvalue weighted by molar-refractivity contribution is 7.99. The van der Waals surface area contributed by atoms with E-state index in [1.807, 2.05) is 18.4 Å². The minimum Gasteiger partial charge on any atom is -0.342 e. The zero-order valence-electron chi connectivity index (χ0n) is 22.8. The predicted molar refractivity (Wildman–Crippen MR) is 156 cm³/mol. The van der Waals surface area contributed by atoms with Gasteiger partial charge in [-0.1, -0.05) is 44.1 Å². The molecule has 2 atom stereocenters. The van der Waals surface area contributed by atoms with Gasteiger partial charge in [0.25, 0.3) is 5.91 Å². The molecule has 2 N–H and O–H groups in total. The van der Waals surface area contributed by atoms with Crippen molar-refractivity contribution in [3.05, 3.63) is 56.7 Å². The minimum absolute atomic E-state index is 0.127. The smallest absolute Gasteiger partial charge is 0.251 e. The normalized spacial score (nSPS) is 15.8. The lowest BCUT2D eigenvalue weighted by Gasteiger charge is -2.33. The summed E-state index contributed by atoms with van der Waals surface area (Å²) in [6, 6.07) is 8.60. The lowest BCUT2D eigenvalue weighted by Crippen LogP contribution is -2.28. The molecule has 2 heterocycles. The number of carbonyl (C=O) groups excluding carboxylic acids is 2. The van der Waals surface area contributed by atoms with Gasteiger partial charge in [0.05, 0.1) is 17.4 Å². The largest absolute Gasteiger partial charge is 0.342 e. The maximum Gasteiger partial charge on any atom is 0.251 e. The van der Waals surface area contributed by atoms with E-state index in [2.05, 4.69) is 47.7 Å². The van der Waals surface area contributed by atoms with E-state index in [-0.39, 0.29) is 23.0 Å². The summed E-state index contributed by atoms with van der Waals surface area (Å²) in [7, 11) is 0. The van der Waals surface area contributed by atoms with Crippen LogP contribution in [0.25, 0.3) is 0 Å². The number of hydrogen-bond donors (Lipinski definition) is 2. The lowest BCUT2D eigenvalue weighted by molar-refractivity contribution is -0.113. The Morgan fingerprint density at radius 1 is 1.28 bits per heavy atom. The van der Waals surface area contributed by atoms with Crippen LogP contribution < -0.4 is 10.6 Å². The molecule has 0 bridgehead atoms. The van der Waals surface area contributed by atoms with Gasteiger partial charge in [0.15, 0.2) is 11.0 Å². The van der Waals surface area contributed by atoms with Crippen molar-refractivity contribution in [2.45, 2.75) is 71.6 Å². The Hall–Kier alpha value is -2.87. The number of amides is 2. The van der Waals surface area contributed by atoms with Crippen LogP contribution in [0.5, 0.6) is 0 Å². The van der Waals surface area contributed by atoms with E-state index in [4.69, 9.17) is 11.6 Å². The van der Waals surface area contributed by atoms with Gasteiger partial charge in [0.2, 0.25) is 5.91 Å². The van der Waals surface area contributed by atoms with E-state index < -0.39 is 6.04 Å². The van der Waals surface area contributed by atoms with Crippen molar-refractivity contribution in [2.75, 3.05) is 11.1 Å². The average molecular weight is 585 g/mol. The molecule has 0 fully saturated rings. The minimum atomic E-state index is -0.392. The van der Waals surface area contributed by atoms with E-state index in [9.17, 15) is 14.9 Å². The maximum atomic E-state index is 12.9. The number of nitrogens with one attached hydrogen (secondary N) is 2. The Balaban J connectivity index is 1.39. The van der Waals surface area contributed by atoms with Gasteiger partial charge in [-0.3, -0.25) is 9.59 Å². The summed E-state index contributed by atoms with van der Waals surface area (Å²) < 4.78 is 1.89. The van der Waals surface area contributed by atoms with E-state index in [1.165, 1.54) is 28.0 Å². The molecule has 0 radical (unpaired) electrons. The van der Waals surface area contributed by atoms with Gasteiger partial charge in [-0.15, -0.1) is 21.5 Å². The number of carbonyl (C=O) groups is 2. The van der Waals surface area contributed by atoms with E-state index in [0.29, 0.717) is 44.6 Å². The first-order chi connectivity index (χ1) is 18.5. The number of rotatable bonds is 8. The van der Waals surface area contributed by atoms with Gasteiger partial charge in [-0.05, 0) is 74.3 Å². The molecule has 8 nitrogen and oxygen atoms in total. The molecule has 206 valence electrons. The van der Waals surface area contributed by atoms with Crippen LogP contribution in [0, 0.1) is 22.7 Å². The van der Waals surface area contributed by atoms with E-state index >= 15 is 0 Å². The van der Waals surface area contributed by atoms with Crippen LogP contribution in [0.4, 0.5) is 5.00 Å². The number of nitrogens with zero attached hydrogens (tertiary/aromatic N) is 4. The highest BCUT2D eigenvalue weighted by Gasteiger charge is 2.32. The molecule has 0 saturated carbocycles. The van der Waals surface area contributed by atoms with E-state index in [0.717, 1.165) is 24.8 Å². The van der Waals surface area contributed by atoms with Gasteiger partial charge in [0.1, 0.15) is 11.1 Å². The predicted octanol–water partition coefficient (Wildman–Crippen LogP) is 6.26. The molecule has 2 amide bonds. The van der Waals surface area contributed by atoms with Gasteiger partial charge in [0, 0.05) is 22.0 Å². The summed E-state index contributed by atoms with van der Waals surface area (Å²) in [5.74, 6) is 0.857. The van der Waals surface area contributed by atoms with E-state index in [1.54, 1.807) is 24.3 Å². The number of anilines is 1. The molecule has 4 rings (SSSR count). The zero-order valence-corrected chi connectivity index (χ0v) is 25.2. The standard InChI is InChI=1S/C28H33ClN6O2S2/c1-6-35-24(16(2)31-25(37)17-7-10-19(29)11-8-17)33-34-27(35)38-15-23(36)32-26-21(14-30)20-12-9-18(28(3,4)5)13-22(20)39-26/h7-8,10-11,16,18H,6,9,12-13,15H2,1-5H3,(H,31,37)(H,32,36)/t16-,18-/m1/s1. The summed E-state index contributed by atoms with van der Waals surface area (Å²) in [6.45, 7) is 11.2. The topological polar surface area (TPSA) is 113 Å². The second kappa shape index (κ2) is 12.1. The Labute approximate surface area is 242 Å². The third-order valence-corrected chi connectivity index (χ3v) is 9.48. The number of benzene rings is 1. The zero-order chi connectivity index (χ0) is 28.3. The third-order valence-electron chi connectivity index (χ3n) is 7.09. The number of aromatic nitrogens is 3. The first kappa shape index (κ1) is 29.1. The van der Waals surface area contributed by atoms with Crippen LogP contribution in [-0.4, -0.2) is 32.3 Å². The Kier molecular flexibility index (Phi) is 9.04. The lowest BCUT2D eigenvalue weighted by atomic mass is 9.72. The Morgan fingerprint density at radius 3 is 2.64 bits per heavy atom. The molecular formula is C28H33ClN6O2S2. The Bertz CT molecular complexity index is 1400. The summed E-state index contributed by atoms with van der Waals surface area (Å²) in [6.07, 6.45) is 2.87. The fourth-order valence-electron chi connectivity index (χ4n) is 4.79. The van der Waals surface area contributed by atoms with Crippen molar-refractivity contribution in [3.63, 3.8) is 0 Å². The molecular weight excluding hydrogens is 552 g/mol. The molecule has 3 aromatic rings. The van der Waals surface area contributed by atoms with Crippen molar-refractivity contribution in [1.82, 2.24) is 20.1 Å².